The van der Waals surface area contributed by atoms with Crippen LogP contribution in [0.25, 0.3) is 5.65 Å². The average Bonchev–Trinajstić information content (AvgIpc) is 2.82. The summed E-state index contributed by atoms with van der Waals surface area (Å²) in [7, 11) is 0. The number of nitrogens with one attached hydrogen (secondary N) is 1. The van der Waals surface area contributed by atoms with Crippen LogP contribution in [-0.2, 0) is 0 Å². The Hall–Kier alpha value is -1.99. The van der Waals surface area contributed by atoms with E-state index < -0.39 is 0 Å². The molecule has 0 fully saturated rings. The van der Waals surface area contributed by atoms with Gasteiger partial charge in [-0.15, -0.1) is 0 Å². The summed E-state index contributed by atoms with van der Waals surface area (Å²) < 4.78 is 3.56. The fourth-order valence-corrected chi connectivity index (χ4v) is 2.97. The maximum atomic E-state index is 12.4. The van der Waals surface area contributed by atoms with Crippen LogP contribution >= 0.6 is 31.9 Å². The van der Waals surface area contributed by atoms with Crippen molar-refractivity contribution in [3.05, 3.63) is 68.5 Å². The van der Waals surface area contributed by atoms with Gasteiger partial charge in [0.05, 0.1) is 11.9 Å². The second-order valence-corrected chi connectivity index (χ2v) is 6.71. The number of fused-ring (bicyclic) bond motifs is 1. The molecule has 1 amide bonds. The van der Waals surface area contributed by atoms with Crippen LogP contribution in [0.1, 0.15) is 21.7 Å². The van der Waals surface area contributed by atoms with Crippen molar-refractivity contribution in [2.75, 3.05) is 0 Å². The Morgan fingerprint density at radius 1 is 1.26 bits per heavy atom. The third-order valence-electron chi connectivity index (χ3n) is 3.20. The topological polar surface area (TPSA) is 58.8 Å². The van der Waals surface area contributed by atoms with Gasteiger partial charge in [0, 0.05) is 15.1 Å². The zero-order valence-electron chi connectivity index (χ0n) is 12.1. The molecule has 116 valence electrons. The van der Waals surface area contributed by atoms with E-state index in [1.807, 2.05) is 42.6 Å². The molecule has 0 spiro atoms. The lowest BCUT2D eigenvalue weighted by Gasteiger charge is -2.02. The number of hydrazone groups is 1. The summed E-state index contributed by atoms with van der Waals surface area (Å²) in [5, 5.41) is 4.01. The van der Waals surface area contributed by atoms with Gasteiger partial charge in [-0.25, -0.2) is 10.4 Å². The van der Waals surface area contributed by atoms with Gasteiger partial charge in [0.15, 0.2) is 0 Å². The lowest BCUT2D eigenvalue weighted by Crippen LogP contribution is -2.20. The van der Waals surface area contributed by atoms with Gasteiger partial charge in [-0.05, 0) is 52.7 Å². The molecule has 0 aliphatic carbocycles. The third-order valence-corrected chi connectivity index (χ3v) is 4.16. The molecule has 1 aromatic carbocycles. The van der Waals surface area contributed by atoms with E-state index in [0.29, 0.717) is 17.0 Å². The largest absolute Gasteiger partial charge is 0.294 e. The number of carbonyl (C=O) groups excluding carboxylic acids is 1. The monoisotopic (exact) mass is 434 g/mol. The van der Waals surface area contributed by atoms with E-state index in [1.165, 1.54) is 0 Å². The fraction of sp³-hybridized carbons (Fsp3) is 0.0625. The van der Waals surface area contributed by atoms with Crippen LogP contribution < -0.4 is 5.43 Å². The molecular weight excluding hydrogens is 424 g/mol. The molecule has 3 rings (SSSR count). The molecule has 0 radical (unpaired) electrons. The van der Waals surface area contributed by atoms with Gasteiger partial charge in [-0.2, -0.15) is 5.10 Å². The first kappa shape index (κ1) is 15.9. The van der Waals surface area contributed by atoms with Crippen molar-refractivity contribution >= 4 is 49.6 Å². The molecule has 7 heteroatoms. The van der Waals surface area contributed by atoms with Crippen LogP contribution in [0.3, 0.4) is 0 Å². The summed E-state index contributed by atoms with van der Waals surface area (Å²) in [6.07, 6.45) is 3.40. The number of pyridine rings is 1. The Bertz CT molecular complexity index is 918. The molecule has 0 aliphatic heterocycles. The molecule has 0 unspecified atom stereocenters. The number of halogens is 2. The number of aryl methyl sites for hydroxylation is 1. The van der Waals surface area contributed by atoms with E-state index in [-0.39, 0.29) is 5.91 Å². The van der Waals surface area contributed by atoms with E-state index in [0.717, 1.165) is 14.5 Å². The van der Waals surface area contributed by atoms with Crippen molar-refractivity contribution in [2.24, 2.45) is 5.10 Å². The summed E-state index contributed by atoms with van der Waals surface area (Å²) in [6.45, 7) is 1.80. The molecule has 0 aliphatic rings. The Kier molecular flexibility index (Phi) is 4.58. The molecule has 1 N–H and O–H groups in total. The maximum absolute atomic E-state index is 12.4. The lowest BCUT2D eigenvalue weighted by molar-refractivity contribution is 0.0948. The molecule has 2 heterocycles. The highest BCUT2D eigenvalue weighted by atomic mass is 79.9. The van der Waals surface area contributed by atoms with Gasteiger partial charge in [0.1, 0.15) is 11.3 Å². The number of carbonyl (C=O) groups is 1. The molecule has 2 aromatic heterocycles. The number of rotatable bonds is 3. The molecule has 0 atom stereocenters. The van der Waals surface area contributed by atoms with Crippen LogP contribution in [0, 0.1) is 6.92 Å². The lowest BCUT2D eigenvalue weighted by atomic mass is 10.2. The number of benzene rings is 1. The SMILES string of the molecule is Cc1nc2ccc(Br)cn2c1C(=O)N/N=C/c1cccc(Br)c1. The normalized spacial score (nSPS) is 11.3. The first-order chi connectivity index (χ1) is 11.0. The summed E-state index contributed by atoms with van der Waals surface area (Å²) in [4.78, 5) is 16.8. The minimum atomic E-state index is -0.306. The molecular formula is C16H12Br2N4O. The van der Waals surface area contributed by atoms with Crippen LogP contribution in [0.15, 0.2) is 56.6 Å². The Morgan fingerprint density at radius 2 is 2.09 bits per heavy atom. The van der Waals surface area contributed by atoms with Gasteiger partial charge < -0.3 is 0 Å². The number of aromatic nitrogens is 2. The van der Waals surface area contributed by atoms with E-state index in [1.54, 1.807) is 17.5 Å². The Labute approximate surface area is 149 Å². The van der Waals surface area contributed by atoms with Crippen LogP contribution in [0.5, 0.6) is 0 Å². The van der Waals surface area contributed by atoms with E-state index in [4.69, 9.17) is 0 Å². The van der Waals surface area contributed by atoms with Crippen LogP contribution in [-0.4, -0.2) is 21.5 Å². The molecule has 5 nitrogen and oxygen atoms in total. The summed E-state index contributed by atoms with van der Waals surface area (Å²) in [5.74, 6) is -0.306. The molecule has 0 saturated heterocycles. The zero-order chi connectivity index (χ0) is 16.4. The minimum Gasteiger partial charge on any atom is -0.294 e. The van der Waals surface area contributed by atoms with E-state index >= 15 is 0 Å². The van der Waals surface area contributed by atoms with Gasteiger partial charge in [-0.1, -0.05) is 28.1 Å². The number of amides is 1. The fourth-order valence-electron chi connectivity index (χ4n) is 2.22. The van der Waals surface area contributed by atoms with E-state index in [2.05, 4.69) is 47.4 Å². The van der Waals surface area contributed by atoms with Crippen LogP contribution in [0.4, 0.5) is 0 Å². The predicted molar refractivity (Wildman–Crippen MR) is 96.8 cm³/mol. The van der Waals surface area contributed by atoms with Crippen molar-refractivity contribution in [3.8, 4) is 0 Å². The predicted octanol–water partition coefficient (Wildman–Crippen LogP) is 3.93. The highest BCUT2D eigenvalue weighted by Crippen LogP contribution is 2.16. The average molecular weight is 436 g/mol. The highest BCUT2D eigenvalue weighted by molar-refractivity contribution is 9.10. The van der Waals surface area contributed by atoms with Crippen molar-refractivity contribution in [1.29, 1.82) is 0 Å². The second kappa shape index (κ2) is 6.64. The van der Waals surface area contributed by atoms with Gasteiger partial charge in [0.2, 0.25) is 0 Å². The van der Waals surface area contributed by atoms with Crippen molar-refractivity contribution in [2.45, 2.75) is 6.92 Å². The summed E-state index contributed by atoms with van der Waals surface area (Å²) >= 11 is 6.79. The van der Waals surface area contributed by atoms with E-state index in [9.17, 15) is 4.79 Å². The molecule has 0 saturated carbocycles. The van der Waals surface area contributed by atoms with Gasteiger partial charge in [0.25, 0.3) is 5.91 Å². The van der Waals surface area contributed by atoms with Crippen LogP contribution in [0.2, 0.25) is 0 Å². The van der Waals surface area contributed by atoms with Gasteiger partial charge in [-0.3, -0.25) is 9.20 Å². The van der Waals surface area contributed by atoms with Crippen molar-refractivity contribution in [1.82, 2.24) is 14.8 Å². The number of hydrogen-bond acceptors (Lipinski definition) is 3. The number of imidazole rings is 1. The highest BCUT2D eigenvalue weighted by Gasteiger charge is 2.16. The maximum Gasteiger partial charge on any atom is 0.290 e. The number of nitrogens with zero attached hydrogens (tertiary/aromatic N) is 3. The molecule has 23 heavy (non-hydrogen) atoms. The first-order valence-electron chi connectivity index (χ1n) is 6.78. The molecule has 0 bridgehead atoms. The summed E-state index contributed by atoms with van der Waals surface area (Å²) in [5.41, 5.74) is 5.26. The first-order valence-corrected chi connectivity index (χ1v) is 8.36. The quantitative estimate of drug-likeness (QED) is 0.500. The zero-order valence-corrected chi connectivity index (χ0v) is 15.3. The third kappa shape index (κ3) is 3.51. The van der Waals surface area contributed by atoms with Crippen molar-refractivity contribution < 1.29 is 4.79 Å². The van der Waals surface area contributed by atoms with Crippen molar-refractivity contribution in [3.63, 3.8) is 0 Å². The Balaban J connectivity index is 1.84. The smallest absolute Gasteiger partial charge is 0.290 e. The standard InChI is InChI=1S/C16H12Br2N4O/c1-10-15(22-9-13(18)5-6-14(22)20-10)16(23)21-19-8-11-3-2-4-12(17)7-11/h2-9H,1H3,(H,21,23)/b19-8+. The Morgan fingerprint density at radius 3 is 2.87 bits per heavy atom. The molecule has 3 aromatic rings. The van der Waals surface area contributed by atoms with Gasteiger partial charge >= 0.3 is 0 Å². The second-order valence-electron chi connectivity index (χ2n) is 4.88. The number of hydrogen-bond donors (Lipinski definition) is 1. The minimum absolute atomic E-state index is 0.306. The summed E-state index contributed by atoms with van der Waals surface area (Å²) in [6, 6.07) is 11.4.